The first kappa shape index (κ1) is 21.6. The van der Waals surface area contributed by atoms with Gasteiger partial charge in [-0.3, -0.25) is 4.18 Å². The van der Waals surface area contributed by atoms with E-state index in [1.807, 2.05) is 43.3 Å². The van der Waals surface area contributed by atoms with Gasteiger partial charge in [-0.15, -0.1) is 6.58 Å². The van der Waals surface area contributed by atoms with E-state index >= 15 is 0 Å². The number of benzene rings is 3. The SMILES string of the molecule is C=CCc1cc(Oc2ccccc2)ccc1OCCOS(=O)(=O)c1ccc(C)cc1. The summed E-state index contributed by atoms with van der Waals surface area (Å²) >= 11 is 0. The standard InChI is InChI=1S/C24H24O5S/c1-3-7-20-18-22(29-21-8-5-4-6-9-21)12-15-24(20)27-16-17-28-30(25,26)23-13-10-19(2)11-14-23/h3-6,8-15,18H,1,7,16-17H2,2H3. The van der Waals surface area contributed by atoms with Crippen LogP contribution in [0.5, 0.6) is 17.2 Å². The van der Waals surface area contributed by atoms with Crippen molar-refractivity contribution in [2.24, 2.45) is 0 Å². The number of para-hydroxylation sites is 1. The van der Waals surface area contributed by atoms with Crippen molar-refractivity contribution in [1.82, 2.24) is 0 Å². The molecule has 0 spiro atoms. The van der Waals surface area contributed by atoms with Gasteiger partial charge in [0.1, 0.15) is 30.5 Å². The summed E-state index contributed by atoms with van der Waals surface area (Å²) in [4.78, 5) is 0.128. The van der Waals surface area contributed by atoms with Crippen LogP contribution in [0.15, 0.2) is 90.3 Å². The minimum atomic E-state index is -3.81. The molecule has 6 heteroatoms. The van der Waals surface area contributed by atoms with Crippen LogP contribution in [0.1, 0.15) is 11.1 Å². The lowest BCUT2D eigenvalue weighted by atomic mass is 10.1. The zero-order valence-corrected chi connectivity index (χ0v) is 17.6. The second-order valence-electron chi connectivity index (χ2n) is 6.62. The Balaban J connectivity index is 1.60. The van der Waals surface area contributed by atoms with Gasteiger partial charge in [-0.25, -0.2) is 0 Å². The van der Waals surface area contributed by atoms with E-state index in [9.17, 15) is 8.42 Å². The largest absolute Gasteiger partial charge is 0.491 e. The van der Waals surface area contributed by atoms with Crippen LogP contribution in [0.3, 0.4) is 0 Å². The van der Waals surface area contributed by atoms with Gasteiger partial charge in [0.05, 0.1) is 4.90 Å². The average molecular weight is 425 g/mol. The minimum Gasteiger partial charge on any atom is -0.491 e. The molecular formula is C24H24O5S. The Bertz CT molecular complexity index is 1070. The molecule has 0 N–H and O–H groups in total. The molecule has 0 saturated heterocycles. The fourth-order valence-electron chi connectivity index (χ4n) is 2.77. The Hall–Kier alpha value is -3.09. The molecule has 0 heterocycles. The number of allylic oxidation sites excluding steroid dienone is 1. The van der Waals surface area contributed by atoms with Gasteiger partial charge in [-0.2, -0.15) is 8.42 Å². The monoisotopic (exact) mass is 424 g/mol. The fourth-order valence-corrected chi connectivity index (χ4v) is 3.66. The molecule has 0 saturated carbocycles. The Kier molecular flexibility index (Phi) is 7.27. The molecule has 0 aliphatic heterocycles. The van der Waals surface area contributed by atoms with Gasteiger partial charge in [0.15, 0.2) is 0 Å². The van der Waals surface area contributed by atoms with Crippen molar-refractivity contribution in [1.29, 1.82) is 0 Å². The molecule has 0 aliphatic rings. The first-order chi connectivity index (χ1) is 14.5. The van der Waals surface area contributed by atoms with Gasteiger partial charge in [-0.05, 0) is 55.8 Å². The first-order valence-corrected chi connectivity index (χ1v) is 10.9. The number of aryl methyl sites for hydroxylation is 1. The highest BCUT2D eigenvalue weighted by molar-refractivity contribution is 7.86. The Morgan fingerprint density at radius 2 is 1.63 bits per heavy atom. The van der Waals surface area contributed by atoms with E-state index in [2.05, 4.69) is 6.58 Å². The van der Waals surface area contributed by atoms with Crippen molar-refractivity contribution in [2.75, 3.05) is 13.2 Å². The molecule has 0 fully saturated rings. The molecular weight excluding hydrogens is 400 g/mol. The third-order valence-electron chi connectivity index (χ3n) is 4.26. The summed E-state index contributed by atoms with van der Waals surface area (Å²) in [7, 11) is -3.81. The molecule has 0 aliphatic carbocycles. The van der Waals surface area contributed by atoms with Crippen molar-refractivity contribution in [3.05, 3.63) is 96.6 Å². The molecule has 30 heavy (non-hydrogen) atoms. The second-order valence-corrected chi connectivity index (χ2v) is 8.23. The zero-order chi connectivity index (χ0) is 21.4. The number of rotatable bonds is 10. The van der Waals surface area contributed by atoms with E-state index in [4.69, 9.17) is 13.7 Å². The second kappa shape index (κ2) is 10.1. The van der Waals surface area contributed by atoms with E-state index in [0.717, 1.165) is 16.9 Å². The van der Waals surface area contributed by atoms with Crippen molar-refractivity contribution in [3.63, 3.8) is 0 Å². The summed E-state index contributed by atoms with van der Waals surface area (Å²) in [5.41, 5.74) is 1.87. The third kappa shape index (κ3) is 5.95. The molecule has 5 nitrogen and oxygen atoms in total. The summed E-state index contributed by atoms with van der Waals surface area (Å²) < 4.78 is 41.2. The highest BCUT2D eigenvalue weighted by Gasteiger charge is 2.15. The number of hydrogen-bond donors (Lipinski definition) is 0. The Morgan fingerprint density at radius 3 is 2.33 bits per heavy atom. The fraction of sp³-hybridized carbons (Fsp3) is 0.167. The molecule has 0 radical (unpaired) electrons. The van der Waals surface area contributed by atoms with Crippen LogP contribution in [0.25, 0.3) is 0 Å². The summed E-state index contributed by atoms with van der Waals surface area (Å²) in [5.74, 6) is 2.06. The summed E-state index contributed by atoms with van der Waals surface area (Å²) in [6.07, 6.45) is 2.36. The van der Waals surface area contributed by atoms with Crippen molar-refractivity contribution in [3.8, 4) is 17.2 Å². The molecule has 0 bridgehead atoms. The summed E-state index contributed by atoms with van der Waals surface area (Å²) in [6, 6.07) is 21.5. The molecule has 0 aromatic heterocycles. The molecule has 0 unspecified atom stereocenters. The topological polar surface area (TPSA) is 61.8 Å². The van der Waals surface area contributed by atoms with Crippen LogP contribution in [-0.4, -0.2) is 21.6 Å². The van der Waals surface area contributed by atoms with Gasteiger partial charge in [0, 0.05) is 5.56 Å². The highest BCUT2D eigenvalue weighted by Crippen LogP contribution is 2.28. The highest BCUT2D eigenvalue weighted by atomic mass is 32.2. The summed E-state index contributed by atoms with van der Waals surface area (Å²) in [5, 5.41) is 0. The quantitative estimate of drug-likeness (QED) is 0.251. The maximum Gasteiger partial charge on any atom is 0.297 e. The molecule has 0 atom stereocenters. The van der Waals surface area contributed by atoms with Gasteiger partial charge >= 0.3 is 0 Å². The number of ether oxygens (including phenoxy) is 2. The van der Waals surface area contributed by atoms with Gasteiger partial charge < -0.3 is 9.47 Å². The van der Waals surface area contributed by atoms with E-state index in [1.54, 1.807) is 30.3 Å². The lowest BCUT2D eigenvalue weighted by Crippen LogP contribution is -2.13. The minimum absolute atomic E-state index is 0.0913. The van der Waals surface area contributed by atoms with Crippen LogP contribution in [0.2, 0.25) is 0 Å². The molecule has 156 valence electrons. The Morgan fingerprint density at radius 1 is 0.900 bits per heavy atom. The molecule has 3 aromatic rings. The lowest BCUT2D eigenvalue weighted by Gasteiger charge is -2.13. The summed E-state index contributed by atoms with van der Waals surface area (Å²) in [6.45, 7) is 5.67. The van der Waals surface area contributed by atoms with Gasteiger partial charge in [0.25, 0.3) is 10.1 Å². The third-order valence-corrected chi connectivity index (χ3v) is 5.59. The van der Waals surface area contributed by atoms with Crippen molar-refractivity contribution < 1.29 is 22.1 Å². The van der Waals surface area contributed by atoms with Gasteiger partial charge in [-0.1, -0.05) is 42.0 Å². The normalized spacial score (nSPS) is 11.1. The van der Waals surface area contributed by atoms with Crippen LogP contribution >= 0.6 is 0 Å². The van der Waals surface area contributed by atoms with E-state index in [0.29, 0.717) is 17.9 Å². The van der Waals surface area contributed by atoms with Crippen LogP contribution in [-0.2, 0) is 20.7 Å². The predicted octanol–water partition coefficient (Wildman–Crippen LogP) is 5.30. The van der Waals surface area contributed by atoms with E-state index in [-0.39, 0.29) is 18.1 Å². The lowest BCUT2D eigenvalue weighted by molar-refractivity contribution is 0.220. The predicted molar refractivity (Wildman–Crippen MR) is 117 cm³/mol. The van der Waals surface area contributed by atoms with Gasteiger partial charge in [0.2, 0.25) is 0 Å². The smallest absolute Gasteiger partial charge is 0.297 e. The first-order valence-electron chi connectivity index (χ1n) is 9.53. The van der Waals surface area contributed by atoms with Crippen molar-refractivity contribution >= 4 is 10.1 Å². The van der Waals surface area contributed by atoms with Crippen LogP contribution in [0.4, 0.5) is 0 Å². The molecule has 3 rings (SSSR count). The maximum absolute atomic E-state index is 12.2. The average Bonchev–Trinajstić information content (AvgIpc) is 2.74. The molecule has 0 amide bonds. The van der Waals surface area contributed by atoms with E-state index < -0.39 is 10.1 Å². The Labute approximate surface area is 177 Å². The van der Waals surface area contributed by atoms with Crippen LogP contribution in [0, 0.1) is 6.92 Å². The maximum atomic E-state index is 12.2. The van der Waals surface area contributed by atoms with Crippen molar-refractivity contribution in [2.45, 2.75) is 18.2 Å². The molecule has 3 aromatic carbocycles. The number of hydrogen-bond acceptors (Lipinski definition) is 5. The van der Waals surface area contributed by atoms with Crippen LogP contribution < -0.4 is 9.47 Å². The van der Waals surface area contributed by atoms with E-state index in [1.165, 1.54) is 12.1 Å². The zero-order valence-electron chi connectivity index (χ0n) is 16.8.